The molecule has 45 heavy (non-hydrogen) atoms. The normalized spacial score (nSPS) is 13.1. The molecule has 0 atom stereocenters. The Labute approximate surface area is 262 Å². The zero-order chi connectivity index (χ0) is 29.8. The van der Waals surface area contributed by atoms with Gasteiger partial charge in [0, 0.05) is 33.4 Å². The van der Waals surface area contributed by atoms with E-state index in [2.05, 4.69) is 186 Å². The van der Waals surface area contributed by atoms with Crippen LogP contribution < -0.4 is 5.32 Å². The van der Waals surface area contributed by atoms with E-state index in [1.165, 1.54) is 55.2 Å². The van der Waals surface area contributed by atoms with Gasteiger partial charge in [0.25, 0.3) is 0 Å². The lowest BCUT2D eigenvalue weighted by Crippen LogP contribution is -2.28. The van der Waals surface area contributed by atoms with Gasteiger partial charge < -0.3 is 9.88 Å². The average Bonchev–Trinajstić information content (AvgIpc) is 3.60. The Morgan fingerprint density at radius 2 is 1.04 bits per heavy atom. The molecule has 1 N–H and O–H groups in total. The van der Waals surface area contributed by atoms with Crippen LogP contribution >= 0.6 is 0 Å². The van der Waals surface area contributed by atoms with E-state index in [-0.39, 0.29) is 0 Å². The van der Waals surface area contributed by atoms with Crippen LogP contribution in [0.5, 0.6) is 0 Å². The molecule has 0 saturated carbocycles. The molecular formula is C43H30N2. The Morgan fingerprint density at radius 3 is 1.80 bits per heavy atom. The molecule has 0 aliphatic heterocycles. The van der Waals surface area contributed by atoms with Crippen molar-refractivity contribution in [2.45, 2.75) is 5.41 Å². The van der Waals surface area contributed by atoms with Crippen molar-refractivity contribution in [3.8, 4) is 16.8 Å². The Hall–Kier alpha value is -5.86. The monoisotopic (exact) mass is 574 g/mol. The molecule has 2 nitrogen and oxygen atoms in total. The van der Waals surface area contributed by atoms with Crippen molar-refractivity contribution in [3.63, 3.8) is 0 Å². The van der Waals surface area contributed by atoms with E-state index in [0.717, 1.165) is 17.1 Å². The van der Waals surface area contributed by atoms with Crippen LogP contribution in [-0.4, -0.2) is 4.57 Å². The van der Waals surface area contributed by atoms with Crippen LogP contribution in [-0.2, 0) is 5.41 Å². The van der Waals surface area contributed by atoms with Crippen molar-refractivity contribution < 1.29 is 0 Å². The zero-order valence-electron chi connectivity index (χ0n) is 24.7. The highest BCUT2D eigenvalue weighted by Crippen LogP contribution is 2.58. The van der Waals surface area contributed by atoms with Gasteiger partial charge in [0.2, 0.25) is 0 Å². The van der Waals surface area contributed by atoms with E-state index in [1.54, 1.807) is 0 Å². The molecular weight excluding hydrogens is 544 g/mol. The van der Waals surface area contributed by atoms with Crippen molar-refractivity contribution in [3.05, 3.63) is 198 Å². The summed E-state index contributed by atoms with van der Waals surface area (Å²) in [5.74, 6) is 0. The molecule has 0 radical (unpaired) electrons. The predicted octanol–water partition coefficient (Wildman–Crippen LogP) is 10.9. The van der Waals surface area contributed by atoms with Crippen LogP contribution in [0.1, 0.15) is 22.3 Å². The highest BCUT2D eigenvalue weighted by atomic mass is 15.0. The van der Waals surface area contributed by atoms with Crippen molar-refractivity contribution >= 4 is 33.2 Å². The molecule has 1 aliphatic carbocycles. The van der Waals surface area contributed by atoms with Crippen LogP contribution in [0.3, 0.4) is 0 Å². The van der Waals surface area contributed by atoms with Gasteiger partial charge in [0.15, 0.2) is 0 Å². The summed E-state index contributed by atoms with van der Waals surface area (Å²) in [7, 11) is 0. The second-order valence-electron chi connectivity index (χ2n) is 11.8. The number of para-hydroxylation sites is 2. The number of rotatable bonds is 5. The summed E-state index contributed by atoms with van der Waals surface area (Å²) in [6.45, 7) is 0. The first-order valence-corrected chi connectivity index (χ1v) is 15.5. The molecule has 0 fully saturated rings. The van der Waals surface area contributed by atoms with Crippen LogP contribution in [0.4, 0.5) is 11.4 Å². The van der Waals surface area contributed by atoms with Gasteiger partial charge in [0.1, 0.15) is 0 Å². The van der Waals surface area contributed by atoms with Gasteiger partial charge in [-0.05, 0) is 64.2 Å². The van der Waals surface area contributed by atoms with Gasteiger partial charge in [-0.3, -0.25) is 0 Å². The maximum atomic E-state index is 3.89. The Kier molecular flexibility index (Phi) is 5.76. The van der Waals surface area contributed by atoms with Crippen LogP contribution in [0.25, 0.3) is 38.6 Å². The zero-order valence-corrected chi connectivity index (χ0v) is 24.7. The third kappa shape index (κ3) is 3.76. The standard InChI is InChI=1S/C43H30N2/c1-4-15-30(16-5-1)43(31-17-6-2-7-18-31)37-23-12-10-22-36(37)42-38(43)24-14-25-39(42)44-32-27-28-35-34-21-11-13-26-40(34)45(41(35)29-32)33-19-8-3-9-20-33/h1-29,44H. The number of aromatic nitrogens is 1. The van der Waals surface area contributed by atoms with Crippen molar-refractivity contribution in [1.82, 2.24) is 4.57 Å². The van der Waals surface area contributed by atoms with Crippen molar-refractivity contribution in [1.29, 1.82) is 0 Å². The molecule has 8 aromatic rings. The summed E-state index contributed by atoms with van der Waals surface area (Å²) in [6.07, 6.45) is 0. The molecule has 1 heterocycles. The molecule has 1 aromatic heterocycles. The van der Waals surface area contributed by atoms with E-state index in [9.17, 15) is 0 Å². The van der Waals surface area contributed by atoms with Gasteiger partial charge >= 0.3 is 0 Å². The summed E-state index contributed by atoms with van der Waals surface area (Å²) in [5.41, 5.74) is 13.0. The van der Waals surface area contributed by atoms with E-state index in [0.29, 0.717) is 0 Å². The highest BCUT2D eigenvalue weighted by Gasteiger charge is 2.46. The molecule has 0 spiro atoms. The molecule has 0 amide bonds. The number of nitrogens with one attached hydrogen (secondary N) is 1. The van der Waals surface area contributed by atoms with Gasteiger partial charge in [0.05, 0.1) is 16.4 Å². The first-order valence-electron chi connectivity index (χ1n) is 15.5. The summed E-state index contributed by atoms with van der Waals surface area (Å²) in [6, 6.07) is 63.7. The van der Waals surface area contributed by atoms with Crippen LogP contribution in [0.2, 0.25) is 0 Å². The largest absolute Gasteiger partial charge is 0.355 e. The van der Waals surface area contributed by atoms with Gasteiger partial charge in [-0.1, -0.05) is 140 Å². The first-order chi connectivity index (χ1) is 22.3. The SMILES string of the molecule is c1ccc(-n2c3ccccc3c3ccc(Nc4cccc5c4-c4ccccc4C5(c4ccccc4)c4ccccc4)cc32)cc1. The second-order valence-corrected chi connectivity index (χ2v) is 11.8. The minimum Gasteiger partial charge on any atom is -0.355 e. The Morgan fingerprint density at radius 1 is 0.444 bits per heavy atom. The fourth-order valence-corrected chi connectivity index (χ4v) is 7.66. The lowest BCUT2D eigenvalue weighted by Gasteiger charge is -2.33. The fraction of sp³-hybridized carbons (Fsp3) is 0.0233. The van der Waals surface area contributed by atoms with E-state index in [4.69, 9.17) is 0 Å². The van der Waals surface area contributed by atoms with E-state index >= 15 is 0 Å². The number of benzene rings is 7. The van der Waals surface area contributed by atoms with E-state index < -0.39 is 5.41 Å². The van der Waals surface area contributed by atoms with Crippen LogP contribution in [0.15, 0.2) is 176 Å². The lowest BCUT2D eigenvalue weighted by molar-refractivity contribution is 0.768. The molecule has 0 unspecified atom stereocenters. The quantitative estimate of drug-likeness (QED) is 0.216. The number of fused-ring (bicyclic) bond motifs is 6. The second kappa shape index (κ2) is 10.1. The maximum absolute atomic E-state index is 3.89. The average molecular weight is 575 g/mol. The third-order valence-electron chi connectivity index (χ3n) is 9.45. The third-order valence-corrected chi connectivity index (χ3v) is 9.45. The molecule has 2 heteroatoms. The predicted molar refractivity (Wildman–Crippen MR) is 188 cm³/mol. The fourth-order valence-electron chi connectivity index (χ4n) is 7.66. The lowest BCUT2D eigenvalue weighted by atomic mass is 9.68. The van der Waals surface area contributed by atoms with Crippen molar-refractivity contribution in [2.75, 3.05) is 5.32 Å². The summed E-state index contributed by atoms with van der Waals surface area (Å²) in [5, 5.41) is 6.39. The topological polar surface area (TPSA) is 17.0 Å². The molecule has 212 valence electrons. The number of nitrogens with zero attached hydrogens (tertiary/aromatic N) is 1. The summed E-state index contributed by atoms with van der Waals surface area (Å²) < 4.78 is 2.37. The minimum atomic E-state index is -0.421. The molecule has 0 bridgehead atoms. The molecule has 0 saturated heterocycles. The highest BCUT2D eigenvalue weighted by molar-refractivity contribution is 6.10. The summed E-state index contributed by atoms with van der Waals surface area (Å²) in [4.78, 5) is 0. The minimum absolute atomic E-state index is 0.421. The maximum Gasteiger partial charge on any atom is 0.0714 e. The number of hydrogen-bond donors (Lipinski definition) is 1. The van der Waals surface area contributed by atoms with Crippen molar-refractivity contribution in [2.24, 2.45) is 0 Å². The van der Waals surface area contributed by atoms with Crippen LogP contribution in [0, 0.1) is 0 Å². The Bertz CT molecular complexity index is 2290. The smallest absolute Gasteiger partial charge is 0.0714 e. The molecule has 1 aliphatic rings. The molecule has 7 aromatic carbocycles. The van der Waals surface area contributed by atoms with Gasteiger partial charge in [-0.15, -0.1) is 0 Å². The number of hydrogen-bond acceptors (Lipinski definition) is 1. The molecule has 9 rings (SSSR count). The first kappa shape index (κ1) is 25.6. The Balaban J connectivity index is 1.26. The summed E-state index contributed by atoms with van der Waals surface area (Å²) >= 11 is 0. The van der Waals surface area contributed by atoms with Gasteiger partial charge in [-0.2, -0.15) is 0 Å². The van der Waals surface area contributed by atoms with Gasteiger partial charge in [-0.25, -0.2) is 0 Å². The number of anilines is 2. The van der Waals surface area contributed by atoms with E-state index in [1.807, 2.05) is 0 Å².